The molecule has 2 N–H and O–H groups in total. The summed E-state index contributed by atoms with van der Waals surface area (Å²) in [4.78, 5) is 0. The topological polar surface area (TPSA) is 26.0 Å². The van der Waals surface area contributed by atoms with Gasteiger partial charge in [0, 0.05) is 18.2 Å². The minimum absolute atomic E-state index is 0.191. The predicted octanol–water partition coefficient (Wildman–Crippen LogP) is 7.68. The van der Waals surface area contributed by atoms with E-state index < -0.39 is 0 Å². The van der Waals surface area contributed by atoms with E-state index in [0.717, 1.165) is 10.2 Å². The number of rotatable bonds is 0. The maximum Gasteiger partial charge on any atom is 0.0458 e. The van der Waals surface area contributed by atoms with Gasteiger partial charge in [-0.1, -0.05) is 53.7 Å². The van der Waals surface area contributed by atoms with E-state index in [-0.39, 0.29) is 10.8 Å². The van der Waals surface area contributed by atoms with Crippen LogP contribution in [0.15, 0.2) is 45.3 Å². The molecule has 24 heavy (non-hydrogen) atoms. The molecule has 0 bridgehead atoms. The van der Waals surface area contributed by atoms with Gasteiger partial charge in [-0.2, -0.15) is 0 Å². The summed E-state index contributed by atoms with van der Waals surface area (Å²) in [7, 11) is 0. The number of halogens is 3. The molecule has 4 heteroatoms. The fourth-order valence-electron chi connectivity index (χ4n) is 1.96. The molecule has 2 aromatic rings. The highest BCUT2D eigenvalue weighted by Crippen LogP contribution is 2.29. The van der Waals surface area contributed by atoms with Gasteiger partial charge in [0.1, 0.15) is 0 Å². The predicted molar refractivity (Wildman–Crippen MR) is 123 cm³/mol. The van der Waals surface area contributed by atoms with Gasteiger partial charge in [-0.25, -0.2) is 0 Å². The smallest absolute Gasteiger partial charge is 0.0458 e. The molecule has 0 saturated heterocycles. The number of benzene rings is 2. The third-order valence-corrected chi connectivity index (χ3v) is 6.68. The molecule has 0 aliphatic heterocycles. The Hall–Kier alpha value is -0.0700. The van der Waals surface area contributed by atoms with Crippen molar-refractivity contribution in [2.75, 3.05) is 5.73 Å². The largest absolute Gasteiger partial charge is 0.398 e. The van der Waals surface area contributed by atoms with Crippen molar-refractivity contribution in [3.05, 3.63) is 60.0 Å². The molecule has 1 nitrogen and oxygen atoms in total. The summed E-state index contributed by atoms with van der Waals surface area (Å²) in [5.41, 5.74) is 9.58. The summed E-state index contributed by atoms with van der Waals surface area (Å²) in [5, 5.41) is 0. The van der Waals surface area contributed by atoms with Crippen LogP contribution in [0.5, 0.6) is 0 Å². The van der Waals surface area contributed by atoms with E-state index in [0.29, 0.717) is 0 Å². The Morgan fingerprint density at radius 1 is 0.750 bits per heavy atom. The average molecular weight is 567 g/mol. The molecular formula is C20H26Br2IN. The van der Waals surface area contributed by atoms with Crippen molar-refractivity contribution in [3.8, 4) is 0 Å². The zero-order valence-electron chi connectivity index (χ0n) is 15.2. The first-order valence-electron chi connectivity index (χ1n) is 7.83. The maximum absolute atomic E-state index is 5.69. The van der Waals surface area contributed by atoms with Crippen LogP contribution in [0.1, 0.15) is 52.7 Å². The second-order valence-electron chi connectivity index (χ2n) is 7.87. The van der Waals surface area contributed by atoms with E-state index in [2.05, 4.69) is 126 Å². The number of hydrogen-bond donors (Lipinski definition) is 1. The van der Waals surface area contributed by atoms with Crippen LogP contribution in [0.25, 0.3) is 0 Å². The summed E-state index contributed by atoms with van der Waals surface area (Å²) in [6, 6.07) is 12.6. The molecule has 2 aromatic carbocycles. The Morgan fingerprint density at radius 2 is 1.17 bits per heavy atom. The lowest BCUT2D eigenvalue weighted by Crippen LogP contribution is -2.10. The quantitative estimate of drug-likeness (QED) is 0.257. The Balaban J connectivity index is 0.000000240. The molecule has 2 rings (SSSR count). The average Bonchev–Trinajstić information content (AvgIpc) is 2.43. The Kier molecular flexibility index (Phi) is 7.82. The van der Waals surface area contributed by atoms with Gasteiger partial charge in [-0.05, 0) is 101 Å². The molecule has 0 unspecified atom stereocenters. The van der Waals surface area contributed by atoms with Gasteiger partial charge >= 0.3 is 0 Å². The van der Waals surface area contributed by atoms with Crippen LogP contribution < -0.4 is 5.73 Å². The SMILES string of the molecule is CC(C)(C)c1ccc(I)c(Br)c1.CC(C)(C)c1ccc(N)c(Br)c1. The third kappa shape index (κ3) is 6.68. The van der Waals surface area contributed by atoms with E-state index >= 15 is 0 Å². The Morgan fingerprint density at radius 3 is 1.54 bits per heavy atom. The Bertz CT molecular complexity index is 636. The van der Waals surface area contributed by atoms with Crippen LogP contribution in [-0.4, -0.2) is 0 Å². The van der Waals surface area contributed by atoms with Crippen LogP contribution in [0.3, 0.4) is 0 Å². The van der Waals surface area contributed by atoms with Crippen molar-refractivity contribution in [3.63, 3.8) is 0 Å². The first kappa shape index (κ1) is 22.0. The van der Waals surface area contributed by atoms with Crippen molar-refractivity contribution in [1.29, 1.82) is 0 Å². The van der Waals surface area contributed by atoms with Crippen molar-refractivity contribution in [1.82, 2.24) is 0 Å². The normalized spacial score (nSPS) is 11.7. The molecule has 0 aromatic heterocycles. The van der Waals surface area contributed by atoms with Gasteiger partial charge in [-0.3, -0.25) is 0 Å². The molecule has 0 heterocycles. The highest BCUT2D eigenvalue weighted by Gasteiger charge is 2.14. The minimum atomic E-state index is 0.191. The van der Waals surface area contributed by atoms with Gasteiger partial charge in [0.2, 0.25) is 0 Å². The minimum Gasteiger partial charge on any atom is -0.398 e. The zero-order chi connectivity index (χ0) is 18.7. The van der Waals surface area contributed by atoms with E-state index in [9.17, 15) is 0 Å². The van der Waals surface area contributed by atoms with Gasteiger partial charge in [-0.15, -0.1) is 0 Å². The lowest BCUT2D eigenvalue weighted by molar-refractivity contribution is 0.589. The Labute approximate surface area is 177 Å². The van der Waals surface area contributed by atoms with Crippen LogP contribution in [0, 0.1) is 3.57 Å². The van der Waals surface area contributed by atoms with Crippen LogP contribution in [-0.2, 0) is 10.8 Å². The van der Waals surface area contributed by atoms with Crippen LogP contribution in [0.4, 0.5) is 5.69 Å². The number of nitrogens with two attached hydrogens (primary N) is 1. The number of anilines is 1. The summed E-state index contributed by atoms with van der Waals surface area (Å²) in [5.74, 6) is 0. The molecule has 0 fully saturated rings. The lowest BCUT2D eigenvalue weighted by atomic mass is 9.87. The van der Waals surface area contributed by atoms with Crippen LogP contribution in [0.2, 0.25) is 0 Å². The molecule has 0 radical (unpaired) electrons. The highest BCUT2D eigenvalue weighted by atomic mass is 127. The molecule has 132 valence electrons. The third-order valence-electron chi connectivity index (χ3n) is 3.65. The molecule has 0 amide bonds. The van der Waals surface area contributed by atoms with E-state index in [1.165, 1.54) is 19.2 Å². The van der Waals surface area contributed by atoms with E-state index in [1.807, 2.05) is 6.07 Å². The highest BCUT2D eigenvalue weighted by molar-refractivity contribution is 14.1. The van der Waals surface area contributed by atoms with Crippen molar-refractivity contribution in [2.24, 2.45) is 0 Å². The van der Waals surface area contributed by atoms with Crippen molar-refractivity contribution < 1.29 is 0 Å². The second kappa shape index (κ2) is 8.54. The van der Waals surface area contributed by atoms with E-state index in [4.69, 9.17) is 5.73 Å². The first-order chi connectivity index (χ1) is 10.8. The van der Waals surface area contributed by atoms with Gasteiger partial charge in [0.05, 0.1) is 0 Å². The fourth-order valence-corrected chi connectivity index (χ4v) is 3.05. The maximum atomic E-state index is 5.69. The second-order valence-corrected chi connectivity index (χ2v) is 10.7. The summed E-state index contributed by atoms with van der Waals surface area (Å²) >= 11 is 9.27. The van der Waals surface area contributed by atoms with Crippen molar-refractivity contribution >= 4 is 60.1 Å². The first-order valence-corrected chi connectivity index (χ1v) is 10.5. The monoisotopic (exact) mass is 565 g/mol. The van der Waals surface area contributed by atoms with Crippen LogP contribution >= 0.6 is 54.5 Å². The van der Waals surface area contributed by atoms with E-state index in [1.54, 1.807) is 0 Å². The fraction of sp³-hybridized carbons (Fsp3) is 0.400. The summed E-state index contributed by atoms with van der Waals surface area (Å²) in [6.45, 7) is 13.2. The molecule has 0 aliphatic rings. The zero-order valence-corrected chi connectivity index (χ0v) is 20.5. The molecule has 0 aliphatic carbocycles. The number of hydrogen-bond acceptors (Lipinski definition) is 1. The number of nitrogen functional groups attached to an aromatic ring is 1. The molecule has 0 spiro atoms. The van der Waals surface area contributed by atoms with Crippen molar-refractivity contribution in [2.45, 2.75) is 52.4 Å². The lowest BCUT2D eigenvalue weighted by Gasteiger charge is -2.19. The standard InChI is InChI=1S/C10H12BrI.C10H14BrN/c2*1-10(2,3)7-4-5-9(12)8(11)6-7/h4-6H,1-3H3;4-6H,12H2,1-3H3. The molecule has 0 atom stereocenters. The van der Waals surface area contributed by atoms with Gasteiger partial charge in [0.15, 0.2) is 0 Å². The summed E-state index contributed by atoms with van der Waals surface area (Å²) < 4.78 is 3.44. The van der Waals surface area contributed by atoms with Gasteiger partial charge < -0.3 is 5.73 Å². The molecule has 0 saturated carbocycles. The summed E-state index contributed by atoms with van der Waals surface area (Å²) in [6.07, 6.45) is 0. The molecular weight excluding hydrogens is 541 g/mol. The van der Waals surface area contributed by atoms with Gasteiger partial charge in [0.25, 0.3) is 0 Å².